The van der Waals surface area contributed by atoms with Crippen LogP contribution in [0.15, 0.2) is 12.2 Å². The molecular weight excluding hydrogens is 232 g/mol. The molecule has 0 heterocycles. The first-order chi connectivity index (χ1) is 8.63. The number of unbranched alkanes of at least 4 members (excludes halogenated alkanes) is 3. The Kier molecular flexibility index (Phi) is 5.89. The van der Waals surface area contributed by atoms with E-state index in [0.717, 1.165) is 32.1 Å². The summed E-state index contributed by atoms with van der Waals surface area (Å²) in [4.78, 5) is 23.2. The quantitative estimate of drug-likeness (QED) is 0.328. The maximum atomic E-state index is 11.9. The molecule has 0 saturated heterocycles. The van der Waals surface area contributed by atoms with Crippen LogP contribution in [0.3, 0.4) is 0 Å². The number of aliphatic carboxylic acids is 1. The summed E-state index contributed by atoms with van der Waals surface area (Å²) in [6, 6.07) is 0. The molecule has 4 heteroatoms. The highest BCUT2D eigenvalue weighted by molar-refractivity contribution is 6.01. The number of hydrogen-bond acceptors (Lipinski definition) is 3. The predicted octanol–water partition coefficient (Wildman–Crippen LogP) is 2.92. The number of carboxylic acid groups (broad SMARTS) is 1. The van der Waals surface area contributed by atoms with E-state index in [0.29, 0.717) is 19.4 Å². The molecule has 1 N–H and O–H groups in total. The number of allylic oxidation sites excluding steroid dienone is 1. The lowest BCUT2D eigenvalue weighted by atomic mass is 9.79. The lowest BCUT2D eigenvalue weighted by molar-refractivity contribution is -0.165. The van der Waals surface area contributed by atoms with Gasteiger partial charge in [0.15, 0.2) is 5.41 Å². The van der Waals surface area contributed by atoms with Crippen molar-refractivity contribution in [3.63, 3.8) is 0 Å². The van der Waals surface area contributed by atoms with Gasteiger partial charge in [0.05, 0.1) is 6.61 Å². The van der Waals surface area contributed by atoms with Crippen LogP contribution in [0, 0.1) is 5.41 Å². The highest BCUT2D eigenvalue weighted by Gasteiger charge is 2.45. The Balaban J connectivity index is 2.49. The normalized spacial score (nSPS) is 22.7. The molecule has 0 fully saturated rings. The van der Waals surface area contributed by atoms with Gasteiger partial charge in [0.1, 0.15) is 0 Å². The van der Waals surface area contributed by atoms with Crippen LogP contribution in [-0.4, -0.2) is 23.7 Å². The van der Waals surface area contributed by atoms with Crippen LogP contribution in [0.1, 0.15) is 51.9 Å². The Labute approximate surface area is 108 Å². The molecule has 0 amide bonds. The van der Waals surface area contributed by atoms with Crippen molar-refractivity contribution in [2.75, 3.05) is 6.61 Å². The summed E-state index contributed by atoms with van der Waals surface area (Å²) in [5.74, 6) is -1.71. The highest BCUT2D eigenvalue weighted by Crippen LogP contribution is 2.33. The maximum absolute atomic E-state index is 11.9. The first-order valence-corrected chi connectivity index (χ1v) is 6.72. The minimum Gasteiger partial charge on any atom is -0.480 e. The second-order valence-electron chi connectivity index (χ2n) is 4.77. The van der Waals surface area contributed by atoms with E-state index in [4.69, 9.17) is 4.74 Å². The summed E-state index contributed by atoms with van der Waals surface area (Å²) in [5, 5.41) is 9.25. The Morgan fingerprint density at radius 3 is 2.67 bits per heavy atom. The van der Waals surface area contributed by atoms with Crippen molar-refractivity contribution in [2.24, 2.45) is 5.41 Å². The van der Waals surface area contributed by atoms with Gasteiger partial charge in [0.25, 0.3) is 0 Å². The summed E-state index contributed by atoms with van der Waals surface area (Å²) in [6.07, 6.45) is 9.19. The number of rotatable bonds is 7. The predicted molar refractivity (Wildman–Crippen MR) is 68.2 cm³/mol. The molecule has 0 aromatic rings. The summed E-state index contributed by atoms with van der Waals surface area (Å²) in [7, 11) is 0. The van der Waals surface area contributed by atoms with Crippen LogP contribution < -0.4 is 0 Å². The van der Waals surface area contributed by atoms with Crippen LogP contribution in [0.25, 0.3) is 0 Å². The van der Waals surface area contributed by atoms with E-state index in [1.54, 1.807) is 6.08 Å². The average molecular weight is 254 g/mol. The van der Waals surface area contributed by atoms with E-state index >= 15 is 0 Å². The third-order valence-electron chi connectivity index (χ3n) is 3.32. The lowest BCUT2D eigenvalue weighted by Gasteiger charge is -2.26. The number of esters is 1. The van der Waals surface area contributed by atoms with Crippen LogP contribution in [0.4, 0.5) is 0 Å². The fourth-order valence-electron chi connectivity index (χ4n) is 2.12. The molecule has 1 unspecified atom stereocenters. The first-order valence-electron chi connectivity index (χ1n) is 6.72. The lowest BCUT2D eigenvalue weighted by Crippen LogP contribution is -2.40. The fourth-order valence-corrected chi connectivity index (χ4v) is 2.12. The average Bonchev–Trinajstić information content (AvgIpc) is 2.39. The number of carboxylic acids is 1. The van der Waals surface area contributed by atoms with E-state index in [1.165, 1.54) is 6.08 Å². The topological polar surface area (TPSA) is 63.6 Å². The molecule has 0 bridgehead atoms. The maximum Gasteiger partial charge on any atom is 0.327 e. The van der Waals surface area contributed by atoms with Crippen LogP contribution in [0.2, 0.25) is 0 Å². The minimum atomic E-state index is -1.44. The van der Waals surface area contributed by atoms with Gasteiger partial charge in [-0.05, 0) is 25.7 Å². The number of hydrogen-bond donors (Lipinski definition) is 1. The SMILES string of the molecule is CCCCCCOC(=O)C1(C(=O)O)C=CCCC1. The Bertz CT molecular complexity index is 322. The summed E-state index contributed by atoms with van der Waals surface area (Å²) < 4.78 is 5.12. The molecule has 0 spiro atoms. The smallest absolute Gasteiger partial charge is 0.327 e. The zero-order chi connectivity index (χ0) is 13.4. The third-order valence-corrected chi connectivity index (χ3v) is 3.32. The molecule has 1 aliphatic carbocycles. The molecule has 4 nitrogen and oxygen atoms in total. The summed E-state index contributed by atoms with van der Waals surface area (Å²) >= 11 is 0. The van der Waals surface area contributed by atoms with E-state index in [1.807, 2.05) is 0 Å². The van der Waals surface area contributed by atoms with Gasteiger partial charge in [-0.15, -0.1) is 0 Å². The molecule has 1 atom stereocenters. The van der Waals surface area contributed by atoms with Gasteiger partial charge < -0.3 is 9.84 Å². The van der Waals surface area contributed by atoms with Crippen LogP contribution in [-0.2, 0) is 14.3 Å². The van der Waals surface area contributed by atoms with Crippen molar-refractivity contribution >= 4 is 11.9 Å². The number of carbonyl (C=O) groups excluding carboxylic acids is 1. The van der Waals surface area contributed by atoms with Crippen LogP contribution in [0.5, 0.6) is 0 Å². The molecule has 1 rings (SSSR count). The van der Waals surface area contributed by atoms with Gasteiger partial charge >= 0.3 is 11.9 Å². The Hall–Kier alpha value is -1.32. The standard InChI is InChI=1S/C14H22O4/c1-2-3-4-8-11-18-13(17)14(12(15)16)9-6-5-7-10-14/h6,9H,2-5,7-8,10-11H2,1H3,(H,15,16). The minimum absolute atomic E-state index is 0.321. The van der Waals surface area contributed by atoms with Gasteiger partial charge in [-0.2, -0.15) is 0 Å². The van der Waals surface area contributed by atoms with E-state index in [-0.39, 0.29) is 0 Å². The second-order valence-corrected chi connectivity index (χ2v) is 4.77. The van der Waals surface area contributed by atoms with E-state index in [2.05, 4.69) is 6.92 Å². The van der Waals surface area contributed by atoms with Crippen molar-refractivity contribution in [1.29, 1.82) is 0 Å². The Morgan fingerprint density at radius 2 is 2.11 bits per heavy atom. The zero-order valence-electron chi connectivity index (χ0n) is 11.0. The number of carbonyl (C=O) groups is 2. The van der Waals surface area contributed by atoms with Crippen molar-refractivity contribution in [3.05, 3.63) is 12.2 Å². The zero-order valence-corrected chi connectivity index (χ0v) is 11.0. The van der Waals surface area contributed by atoms with E-state index < -0.39 is 17.4 Å². The Morgan fingerprint density at radius 1 is 1.33 bits per heavy atom. The van der Waals surface area contributed by atoms with Gasteiger partial charge in [-0.1, -0.05) is 38.3 Å². The molecule has 0 aromatic carbocycles. The monoisotopic (exact) mass is 254 g/mol. The van der Waals surface area contributed by atoms with Crippen molar-refractivity contribution in [2.45, 2.75) is 51.9 Å². The summed E-state index contributed by atoms with van der Waals surface area (Å²) in [6.45, 7) is 2.43. The van der Waals surface area contributed by atoms with Crippen molar-refractivity contribution in [3.8, 4) is 0 Å². The van der Waals surface area contributed by atoms with Gasteiger partial charge in [0, 0.05) is 0 Å². The number of ether oxygens (including phenoxy) is 1. The van der Waals surface area contributed by atoms with Gasteiger partial charge in [-0.3, -0.25) is 9.59 Å². The molecule has 0 aliphatic heterocycles. The molecule has 0 radical (unpaired) electrons. The second kappa shape index (κ2) is 7.19. The van der Waals surface area contributed by atoms with Crippen molar-refractivity contribution in [1.82, 2.24) is 0 Å². The largest absolute Gasteiger partial charge is 0.480 e. The molecular formula is C14H22O4. The summed E-state index contributed by atoms with van der Waals surface area (Å²) in [5.41, 5.74) is -1.44. The fraction of sp³-hybridized carbons (Fsp3) is 0.714. The third kappa shape index (κ3) is 3.59. The highest BCUT2D eigenvalue weighted by atomic mass is 16.5. The molecule has 102 valence electrons. The molecule has 18 heavy (non-hydrogen) atoms. The first kappa shape index (κ1) is 14.7. The molecule has 1 aliphatic rings. The molecule has 0 aromatic heterocycles. The molecule has 0 saturated carbocycles. The van der Waals surface area contributed by atoms with Crippen molar-refractivity contribution < 1.29 is 19.4 Å². The van der Waals surface area contributed by atoms with Gasteiger partial charge in [-0.25, -0.2) is 0 Å². The van der Waals surface area contributed by atoms with Gasteiger partial charge in [0.2, 0.25) is 0 Å². The van der Waals surface area contributed by atoms with Crippen LogP contribution >= 0.6 is 0 Å². The van der Waals surface area contributed by atoms with E-state index in [9.17, 15) is 14.7 Å².